The van der Waals surface area contributed by atoms with Gasteiger partial charge in [0.2, 0.25) is 11.4 Å². The van der Waals surface area contributed by atoms with Gasteiger partial charge in [0.15, 0.2) is 0 Å². The van der Waals surface area contributed by atoms with Crippen molar-refractivity contribution in [2.75, 3.05) is 6.61 Å². The maximum atomic E-state index is 12.2. The van der Waals surface area contributed by atoms with Gasteiger partial charge in [-0.05, 0) is 17.9 Å². The van der Waals surface area contributed by atoms with Gasteiger partial charge in [-0.1, -0.05) is 44.2 Å². The third kappa shape index (κ3) is 3.53. The number of esters is 1. The summed E-state index contributed by atoms with van der Waals surface area (Å²) in [5.74, 6) is -1.51. The molecule has 2 atom stereocenters. The second kappa shape index (κ2) is 7.65. The quantitative estimate of drug-likeness (QED) is 0.375. The molecule has 0 aliphatic carbocycles. The van der Waals surface area contributed by atoms with Crippen LogP contribution in [0.15, 0.2) is 41.9 Å². The van der Waals surface area contributed by atoms with E-state index in [1.807, 2.05) is 44.2 Å². The van der Waals surface area contributed by atoms with Crippen molar-refractivity contribution in [3.8, 4) is 0 Å². The summed E-state index contributed by atoms with van der Waals surface area (Å²) < 4.78 is 10.7. The van der Waals surface area contributed by atoms with Crippen molar-refractivity contribution in [1.82, 2.24) is 0 Å². The van der Waals surface area contributed by atoms with Crippen molar-refractivity contribution < 1.29 is 34.6 Å². The summed E-state index contributed by atoms with van der Waals surface area (Å²) in [4.78, 5) is 16.6. The van der Waals surface area contributed by atoms with Crippen LogP contribution in [-0.4, -0.2) is 39.8 Å². The fraction of sp³-hybridized carbons (Fsp3) is 0.471. The van der Waals surface area contributed by atoms with E-state index in [-0.39, 0.29) is 30.5 Å². The van der Waals surface area contributed by atoms with Gasteiger partial charge in [0.25, 0.3) is 5.76 Å². The average Bonchev–Trinajstić information content (AvgIpc) is 2.84. The molecule has 1 aliphatic heterocycles. The predicted octanol–water partition coefficient (Wildman–Crippen LogP) is 1.60. The molecule has 2 rings (SSSR count). The van der Waals surface area contributed by atoms with Gasteiger partial charge >= 0.3 is 5.97 Å². The largest absolute Gasteiger partial charge is 0.479 e. The molecular weight excluding hydrogens is 316 g/mol. The normalized spacial score (nSPS) is 21.8. The Morgan fingerprint density at radius 2 is 1.92 bits per heavy atom. The third-order valence-corrected chi connectivity index (χ3v) is 3.79. The van der Waals surface area contributed by atoms with E-state index in [0.29, 0.717) is 0 Å². The number of carbonyl (C=O) groups is 1. The Kier molecular flexibility index (Phi) is 5.82. The van der Waals surface area contributed by atoms with Gasteiger partial charge in [-0.2, -0.15) is 0 Å². The second-order valence-electron chi connectivity index (χ2n) is 6.10. The number of cyclic esters (lactones) is 1. The Bertz CT molecular complexity index is 596. The molecule has 1 aromatic carbocycles. The lowest BCUT2D eigenvalue weighted by Crippen LogP contribution is -2.48. The molecule has 1 aliphatic rings. The summed E-state index contributed by atoms with van der Waals surface area (Å²) in [5, 5.41) is 28.8. The van der Waals surface area contributed by atoms with Gasteiger partial charge in [0, 0.05) is 0 Å². The van der Waals surface area contributed by atoms with Crippen LogP contribution in [0, 0.1) is 5.92 Å². The van der Waals surface area contributed by atoms with E-state index in [4.69, 9.17) is 9.47 Å². The fourth-order valence-corrected chi connectivity index (χ4v) is 2.76. The van der Waals surface area contributed by atoms with Crippen LogP contribution >= 0.6 is 0 Å². The van der Waals surface area contributed by atoms with Crippen LogP contribution in [0.4, 0.5) is 0 Å². The zero-order chi connectivity index (χ0) is 17.7. The molecule has 0 unspecified atom stereocenters. The highest BCUT2D eigenvalue weighted by atomic mass is 17.1. The minimum Gasteiger partial charge on any atom is -0.479 e. The van der Waals surface area contributed by atoms with Gasteiger partial charge in [-0.3, -0.25) is 0 Å². The summed E-state index contributed by atoms with van der Waals surface area (Å²) in [6.07, 6.45) is -1.31. The van der Waals surface area contributed by atoms with E-state index in [1.165, 1.54) is 0 Å². The molecule has 0 amide bonds. The zero-order valence-corrected chi connectivity index (χ0v) is 13.6. The van der Waals surface area contributed by atoms with E-state index in [2.05, 4.69) is 4.89 Å². The van der Waals surface area contributed by atoms with Gasteiger partial charge in [-0.25, -0.2) is 10.1 Å². The molecule has 24 heavy (non-hydrogen) atoms. The fourth-order valence-electron chi connectivity index (χ4n) is 2.76. The predicted molar refractivity (Wildman–Crippen MR) is 83.3 cm³/mol. The van der Waals surface area contributed by atoms with Crippen LogP contribution < -0.4 is 0 Å². The smallest absolute Gasteiger partial charge is 0.378 e. The molecule has 3 N–H and O–H groups in total. The van der Waals surface area contributed by atoms with Crippen LogP contribution in [0.25, 0.3) is 0 Å². The molecule has 0 spiro atoms. The molecule has 0 saturated carbocycles. The van der Waals surface area contributed by atoms with Gasteiger partial charge in [0.1, 0.15) is 12.7 Å². The Morgan fingerprint density at radius 3 is 2.46 bits per heavy atom. The van der Waals surface area contributed by atoms with Crippen LogP contribution in [0.2, 0.25) is 0 Å². The number of aliphatic hydroxyl groups excluding tert-OH is 2. The van der Waals surface area contributed by atoms with Crippen molar-refractivity contribution in [2.45, 2.75) is 38.6 Å². The highest BCUT2D eigenvalue weighted by Gasteiger charge is 2.56. The number of carbonyl (C=O) groups excluding carboxylic acids is 1. The van der Waals surface area contributed by atoms with Crippen LogP contribution in [0.1, 0.15) is 25.8 Å². The number of rotatable bonds is 8. The summed E-state index contributed by atoms with van der Waals surface area (Å²) in [5.41, 5.74) is -0.875. The molecule has 0 saturated heterocycles. The molecule has 132 valence electrons. The lowest BCUT2D eigenvalue weighted by atomic mass is 9.86. The van der Waals surface area contributed by atoms with Crippen molar-refractivity contribution >= 4 is 5.97 Å². The average molecular weight is 338 g/mol. The van der Waals surface area contributed by atoms with E-state index in [0.717, 1.165) is 5.56 Å². The van der Waals surface area contributed by atoms with E-state index >= 15 is 0 Å². The van der Waals surface area contributed by atoms with Crippen molar-refractivity contribution in [3.63, 3.8) is 0 Å². The molecule has 7 nitrogen and oxygen atoms in total. The van der Waals surface area contributed by atoms with Crippen LogP contribution in [-0.2, 0) is 25.8 Å². The Labute approximate surface area is 140 Å². The minimum absolute atomic E-state index is 0.0161. The van der Waals surface area contributed by atoms with Crippen LogP contribution in [0.5, 0.6) is 0 Å². The van der Waals surface area contributed by atoms with Gasteiger partial charge < -0.3 is 24.6 Å². The molecule has 1 aromatic rings. The maximum absolute atomic E-state index is 12.2. The van der Waals surface area contributed by atoms with Crippen LogP contribution in [0.3, 0.4) is 0 Å². The lowest BCUT2D eigenvalue weighted by Gasteiger charge is -2.33. The molecule has 0 aromatic heterocycles. The monoisotopic (exact) mass is 338 g/mol. The number of benzene rings is 1. The zero-order valence-electron chi connectivity index (χ0n) is 13.6. The third-order valence-electron chi connectivity index (χ3n) is 3.79. The molecule has 0 radical (unpaired) electrons. The van der Waals surface area contributed by atoms with Crippen molar-refractivity contribution in [3.05, 3.63) is 47.4 Å². The summed E-state index contributed by atoms with van der Waals surface area (Å²) in [6, 6.07) is 9.11. The number of hydrogen-bond acceptors (Lipinski definition) is 7. The summed E-state index contributed by atoms with van der Waals surface area (Å²) in [6.45, 7) is 3.08. The number of aliphatic hydroxyl groups is 2. The lowest BCUT2D eigenvalue weighted by molar-refractivity contribution is -0.241. The first kappa shape index (κ1) is 18.3. The molecule has 7 heteroatoms. The molecule has 1 heterocycles. The molecule has 0 bridgehead atoms. The Balaban J connectivity index is 2.33. The standard InChI is InChI=1S/C17H22O7/c1-11(2)8-17(13(19)9-18)15(24-21)14(16(20)23-17)22-10-12-6-4-3-5-7-12/h3-7,11,13,18-19,21H,8-10H2,1-2H3/t13-,17+/m0/s1. The van der Waals surface area contributed by atoms with Gasteiger partial charge in [-0.15, -0.1) is 0 Å². The Morgan fingerprint density at radius 1 is 1.25 bits per heavy atom. The SMILES string of the molecule is CC(C)C[C@]1([C@@H](O)CO)OC(=O)C(OCc2ccccc2)=C1OO. The molecule has 0 fully saturated rings. The summed E-state index contributed by atoms with van der Waals surface area (Å²) in [7, 11) is 0. The molecular formula is C17H22O7. The maximum Gasteiger partial charge on any atom is 0.378 e. The first-order valence-electron chi connectivity index (χ1n) is 7.69. The van der Waals surface area contributed by atoms with E-state index in [9.17, 15) is 20.3 Å². The summed E-state index contributed by atoms with van der Waals surface area (Å²) >= 11 is 0. The van der Waals surface area contributed by atoms with Crippen molar-refractivity contribution in [1.29, 1.82) is 0 Å². The van der Waals surface area contributed by atoms with Gasteiger partial charge in [0.05, 0.1) is 6.61 Å². The van der Waals surface area contributed by atoms with Crippen molar-refractivity contribution in [2.24, 2.45) is 5.92 Å². The first-order valence-corrected chi connectivity index (χ1v) is 7.69. The first-order chi connectivity index (χ1) is 11.4. The Hall–Kier alpha value is -2.09. The number of hydrogen-bond donors (Lipinski definition) is 3. The van der Waals surface area contributed by atoms with E-state index < -0.39 is 24.3 Å². The second-order valence-corrected chi connectivity index (χ2v) is 6.10. The number of ether oxygens (including phenoxy) is 2. The van der Waals surface area contributed by atoms with E-state index in [1.54, 1.807) is 0 Å². The minimum atomic E-state index is -1.68. The topological polar surface area (TPSA) is 105 Å². The highest BCUT2D eigenvalue weighted by Crippen LogP contribution is 2.41. The highest BCUT2D eigenvalue weighted by molar-refractivity contribution is 5.90.